The average Bonchev–Trinajstić information content (AvgIpc) is 2.83. The topological polar surface area (TPSA) is 76.7 Å². The maximum atomic E-state index is 13.4. The molecule has 0 aliphatic carbocycles. The van der Waals surface area contributed by atoms with E-state index in [2.05, 4.69) is 10.6 Å². The first-order chi connectivity index (χ1) is 15.6. The third-order valence-electron chi connectivity index (χ3n) is 5.75. The molecule has 2 N–H and O–H groups in total. The molecule has 3 aromatic rings. The van der Waals surface area contributed by atoms with Gasteiger partial charge in [0.25, 0.3) is 0 Å². The molecule has 6 nitrogen and oxygen atoms in total. The molecule has 2 amide bonds. The van der Waals surface area contributed by atoms with Crippen LogP contribution in [-0.2, 0) is 16.0 Å². The Morgan fingerprint density at radius 1 is 0.969 bits per heavy atom. The monoisotopic (exact) mass is 430 g/mol. The fourth-order valence-electron chi connectivity index (χ4n) is 4.00. The van der Waals surface area contributed by atoms with E-state index in [1.165, 1.54) is 0 Å². The van der Waals surface area contributed by atoms with Gasteiger partial charge in [0.05, 0.1) is 26.2 Å². The fraction of sp³-hybridized carbons (Fsp3) is 0.231. The van der Waals surface area contributed by atoms with E-state index >= 15 is 0 Å². The van der Waals surface area contributed by atoms with Gasteiger partial charge in [0.1, 0.15) is 11.5 Å². The lowest BCUT2D eigenvalue weighted by Gasteiger charge is -2.27. The molecule has 0 spiro atoms. The fourth-order valence-corrected chi connectivity index (χ4v) is 4.00. The van der Waals surface area contributed by atoms with Crippen LogP contribution < -0.4 is 20.1 Å². The van der Waals surface area contributed by atoms with E-state index in [1.54, 1.807) is 14.2 Å². The van der Waals surface area contributed by atoms with Crippen LogP contribution in [0.25, 0.3) is 0 Å². The van der Waals surface area contributed by atoms with Crippen molar-refractivity contribution < 1.29 is 19.1 Å². The van der Waals surface area contributed by atoms with Gasteiger partial charge >= 0.3 is 0 Å². The largest absolute Gasteiger partial charge is 0.497 e. The molecule has 0 saturated heterocycles. The SMILES string of the molecule is COc1ccc(CC(NC(=O)C2CC(=O)Nc3ccccc32)c2ccc(OC)cc2)cc1. The minimum Gasteiger partial charge on any atom is -0.497 e. The lowest BCUT2D eigenvalue weighted by Crippen LogP contribution is -2.37. The summed E-state index contributed by atoms with van der Waals surface area (Å²) in [5, 5.41) is 6.04. The molecule has 164 valence electrons. The molecule has 2 atom stereocenters. The highest BCUT2D eigenvalue weighted by molar-refractivity contribution is 6.01. The summed E-state index contributed by atoms with van der Waals surface area (Å²) in [6.07, 6.45) is 0.726. The van der Waals surface area contributed by atoms with E-state index in [0.29, 0.717) is 12.1 Å². The predicted octanol–water partition coefficient (Wildman–Crippen LogP) is 4.23. The van der Waals surface area contributed by atoms with Gasteiger partial charge in [-0.1, -0.05) is 42.5 Å². The number of nitrogens with one attached hydrogen (secondary N) is 2. The molecule has 32 heavy (non-hydrogen) atoms. The van der Waals surface area contributed by atoms with Crippen molar-refractivity contribution in [2.45, 2.75) is 24.8 Å². The van der Waals surface area contributed by atoms with Crippen molar-refractivity contribution >= 4 is 17.5 Å². The normalized spacial score (nSPS) is 15.8. The summed E-state index contributed by atoms with van der Waals surface area (Å²) in [5.74, 6) is 0.683. The number of ether oxygens (including phenoxy) is 2. The first-order valence-electron chi connectivity index (χ1n) is 10.5. The molecular formula is C26H26N2O4. The molecule has 2 unspecified atom stereocenters. The summed E-state index contributed by atoms with van der Waals surface area (Å²) in [4.78, 5) is 25.6. The molecule has 1 aliphatic rings. The van der Waals surface area contributed by atoms with E-state index < -0.39 is 5.92 Å². The van der Waals surface area contributed by atoms with Crippen molar-refractivity contribution in [3.8, 4) is 11.5 Å². The van der Waals surface area contributed by atoms with Gasteiger partial charge in [0, 0.05) is 12.1 Å². The smallest absolute Gasteiger partial charge is 0.228 e. The van der Waals surface area contributed by atoms with E-state index in [-0.39, 0.29) is 24.3 Å². The van der Waals surface area contributed by atoms with Crippen molar-refractivity contribution in [2.75, 3.05) is 19.5 Å². The summed E-state index contributed by atoms with van der Waals surface area (Å²) in [7, 11) is 3.25. The summed E-state index contributed by atoms with van der Waals surface area (Å²) >= 11 is 0. The molecular weight excluding hydrogens is 404 g/mol. The Morgan fingerprint density at radius 2 is 1.59 bits per heavy atom. The van der Waals surface area contributed by atoms with E-state index in [0.717, 1.165) is 28.2 Å². The van der Waals surface area contributed by atoms with Crippen LogP contribution in [0.2, 0.25) is 0 Å². The third kappa shape index (κ3) is 4.75. The summed E-state index contributed by atoms with van der Waals surface area (Å²) in [6, 6.07) is 22.7. The lowest BCUT2D eigenvalue weighted by atomic mass is 9.89. The highest BCUT2D eigenvalue weighted by Crippen LogP contribution is 2.33. The molecule has 0 aromatic heterocycles. The highest BCUT2D eigenvalue weighted by Gasteiger charge is 2.31. The predicted molar refractivity (Wildman–Crippen MR) is 123 cm³/mol. The Bertz CT molecular complexity index is 1090. The number of carbonyl (C=O) groups is 2. The molecule has 3 aromatic carbocycles. The van der Waals surface area contributed by atoms with Crippen LogP contribution in [0.15, 0.2) is 72.8 Å². The van der Waals surface area contributed by atoms with E-state index in [1.807, 2.05) is 72.8 Å². The van der Waals surface area contributed by atoms with Gasteiger partial charge in [-0.3, -0.25) is 9.59 Å². The molecule has 4 rings (SSSR count). The van der Waals surface area contributed by atoms with Gasteiger partial charge in [-0.2, -0.15) is 0 Å². The first-order valence-corrected chi connectivity index (χ1v) is 10.5. The zero-order valence-electron chi connectivity index (χ0n) is 18.1. The van der Waals surface area contributed by atoms with Gasteiger partial charge < -0.3 is 20.1 Å². The molecule has 0 fully saturated rings. The Morgan fingerprint density at radius 3 is 2.25 bits per heavy atom. The van der Waals surface area contributed by atoms with E-state index in [9.17, 15) is 9.59 Å². The first kappa shape index (κ1) is 21.4. The number of anilines is 1. The molecule has 0 saturated carbocycles. The van der Waals surface area contributed by atoms with Crippen LogP contribution in [0.1, 0.15) is 35.1 Å². The van der Waals surface area contributed by atoms with Crippen molar-refractivity contribution in [1.82, 2.24) is 5.32 Å². The summed E-state index contributed by atoms with van der Waals surface area (Å²) in [6.45, 7) is 0. The Hall–Kier alpha value is -3.80. The van der Waals surface area contributed by atoms with Crippen LogP contribution >= 0.6 is 0 Å². The number of carbonyl (C=O) groups excluding carboxylic acids is 2. The second kappa shape index (κ2) is 9.56. The number of fused-ring (bicyclic) bond motifs is 1. The van der Waals surface area contributed by atoms with Gasteiger partial charge in [0.2, 0.25) is 11.8 Å². The van der Waals surface area contributed by atoms with Crippen LogP contribution in [0.3, 0.4) is 0 Å². The van der Waals surface area contributed by atoms with Crippen LogP contribution in [-0.4, -0.2) is 26.0 Å². The van der Waals surface area contributed by atoms with Gasteiger partial charge in [-0.15, -0.1) is 0 Å². The van der Waals surface area contributed by atoms with Crippen LogP contribution in [0.5, 0.6) is 11.5 Å². The number of rotatable bonds is 7. The maximum Gasteiger partial charge on any atom is 0.228 e. The lowest BCUT2D eigenvalue weighted by molar-refractivity contribution is -0.126. The Labute approximate surface area is 187 Å². The number of methoxy groups -OCH3 is 2. The van der Waals surface area contributed by atoms with Crippen molar-refractivity contribution in [3.05, 3.63) is 89.5 Å². The Balaban J connectivity index is 1.60. The van der Waals surface area contributed by atoms with E-state index in [4.69, 9.17) is 9.47 Å². The summed E-state index contributed by atoms with van der Waals surface area (Å²) in [5.41, 5.74) is 3.56. The second-order valence-electron chi connectivity index (χ2n) is 7.78. The maximum absolute atomic E-state index is 13.4. The minimum absolute atomic E-state index is 0.126. The number of benzene rings is 3. The average molecular weight is 431 g/mol. The van der Waals surface area contributed by atoms with Gasteiger partial charge in [-0.05, 0) is 53.4 Å². The summed E-state index contributed by atoms with van der Waals surface area (Å²) < 4.78 is 10.5. The minimum atomic E-state index is -0.531. The van der Waals surface area contributed by atoms with Crippen LogP contribution in [0.4, 0.5) is 5.69 Å². The Kier molecular flexibility index (Phi) is 6.40. The molecule has 1 heterocycles. The number of amides is 2. The number of hydrogen-bond acceptors (Lipinski definition) is 4. The number of para-hydroxylation sites is 1. The van der Waals surface area contributed by atoms with Crippen molar-refractivity contribution in [3.63, 3.8) is 0 Å². The number of hydrogen-bond donors (Lipinski definition) is 2. The van der Waals surface area contributed by atoms with Crippen LogP contribution in [0, 0.1) is 0 Å². The van der Waals surface area contributed by atoms with Gasteiger partial charge in [0.15, 0.2) is 0 Å². The van der Waals surface area contributed by atoms with Crippen molar-refractivity contribution in [1.29, 1.82) is 0 Å². The zero-order chi connectivity index (χ0) is 22.5. The highest BCUT2D eigenvalue weighted by atomic mass is 16.5. The third-order valence-corrected chi connectivity index (χ3v) is 5.75. The van der Waals surface area contributed by atoms with Crippen molar-refractivity contribution in [2.24, 2.45) is 0 Å². The molecule has 0 bridgehead atoms. The molecule has 6 heteroatoms. The second-order valence-corrected chi connectivity index (χ2v) is 7.78. The zero-order valence-corrected chi connectivity index (χ0v) is 18.1. The molecule has 0 radical (unpaired) electrons. The standard InChI is InChI=1S/C26H26N2O4/c1-31-19-11-7-17(8-12-19)15-24(18-9-13-20(32-2)14-10-18)28-26(30)22-16-25(29)27-23-6-4-3-5-21(22)23/h3-14,22,24H,15-16H2,1-2H3,(H,27,29)(H,28,30). The van der Waals surface area contributed by atoms with Gasteiger partial charge in [-0.25, -0.2) is 0 Å². The quantitative estimate of drug-likeness (QED) is 0.588. The molecule has 1 aliphatic heterocycles.